The smallest absolute Gasteiger partial charge is 0.243 e. The summed E-state index contributed by atoms with van der Waals surface area (Å²) in [5.41, 5.74) is 2.15. The molecule has 2 N–H and O–H groups in total. The number of rotatable bonds is 5. The van der Waals surface area contributed by atoms with Gasteiger partial charge in [0.05, 0.1) is 10.8 Å². The van der Waals surface area contributed by atoms with E-state index in [1.165, 1.54) is 24.3 Å². The second-order valence-corrected chi connectivity index (χ2v) is 9.09. The van der Waals surface area contributed by atoms with Crippen LogP contribution >= 0.6 is 11.6 Å². The summed E-state index contributed by atoms with van der Waals surface area (Å²) in [7, 11) is -3.93. The number of hydrogen-bond donors (Lipinski definition) is 2. The van der Waals surface area contributed by atoms with Crippen LogP contribution in [0.2, 0.25) is 5.02 Å². The van der Waals surface area contributed by atoms with E-state index in [9.17, 15) is 35.2 Å². The maximum absolute atomic E-state index is 13.7. The van der Waals surface area contributed by atoms with Gasteiger partial charge in [0.25, 0.3) is 0 Å². The van der Waals surface area contributed by atoms with Crippen LogP contribution in [0.3, 0.4) is 0 Å². The summed E-state index contributed by atoms with van der Waals surface area (Å²) in [6.07, 6.45) is 0.560. The molecule has 1 aliphatic heterocycles. The summed E-state index contributed by atoms with van der Waals surface area (Å²) in [5.74, 6) is -12.8. The molecule has 1 saturated heterocycles. The van der Waals surface area contributed by atoms with E-state index in [2.05, 4.69) is 0 Å². The zero-order chi connectivity index (χ0) is 22.9. The number of hydrogen-bond acceptors (Lipinski definition) is 4. The first kappa shape index (κ1) is 23.2. The van der Waals surface area contributed by atoms with Crippen LogP contribution in [0.1, 0.15) is 12.8 Å². The largest absolute Gasteiger partial charge is 0.293 e. The second-order valence-electron chi connectivity index (χ2n) is 6.72. The lowest BCUT2D eigenvalue weighted by Gasteiger charge is -2.31. The minimum absolute atomic E-state index is 0.0301. The van der Waals surface area contributed by atoms with Crippen LogP contribution in [0.15, 0.2) is 29.2 Å². The number of nitrogens with zero attached hydrogens (tertiary/aromatic N) is 1. The first-order chi connectivity index (χ1) is 14.5. The Morgan fingerprint density at radius 3 is 2.10 bits per heavy atom. The van der Waals surface area contributed by atoms with Gasteiger partial charge < -0.3 is 0 Å². The summed E-state index contributed by atoms with van der Waals surface area (Å²) in [4.78, 5) is 12.3. The molecule has 0 radical (unpaired) electrons. The third-order valence-corrected chi connectivity index (χ3v) is 6.86. The van der Waals surface area contributed by atoms with Gasteiger partial charge in [0.2, 0.25) is 21.7 Å². The van der Waals surface area contributed by atoms with Crippen molar-refractivity contribution in [3.05, 3.63) is 58.4 Å². The van der Waals surface area contributed by atoms with Gasteiger partial charge in [-0.15, -0.1) is 0 Å². The van der Waals surface area contributed by atoms with Gasteiger partial charge in [-0.25, -0.2) is 30.4 Å². The normalized spacial score (nSPS) is 17.4. The van der Waals surface area contributed by atoms with Crippen LogP contribution in [0.25, 0.3) is 0 Å². The number of benzene rings is 2. The third kappa shape index (κ3) is 4.60. The Morgan fingerprint density at radius 1 is 0.968 bits per heavy atom. The minimum atomic E-state index is -3.93. The van der Waals surface area contributed by atoms with E-state index in [-0.39, 0.29) is 24.4 Å². The average molecular weight is 484 g/mol. The van der Waals surface area contributed by atoms with Crippen molar-refractivity contribution in [2.24, 2.45) is 5.92 Å². The highest BCUT2D eigenvalue weighted by Gasteiger charge is 2.34. The number of piperidine rings is 1. The summed E-state index contributed by atoms with van der Waals surface area (Å²) in [6, 6.07) is 5.42. The molecule has 0 bridgehead atoms. The van der Waals surface area contributed by atoms with Gasteiger partial charge >= 0.3 is 0 Å². The molecular weight excluding hydrogens is 469 g/mol. The van der Waals surface area contributed by atoms with Gasteiger partial charge in [-0.05, 0) is 37.1 Å². The van der Waals surface area contributed by atoms with E-state index in [1.807, 2.05) is 5.43 Å². The molecule has 1 amide bonds. The fraction of sp³-hybridized carbons (Fsp3) is 0.278. The van der Waals surface area contributed by atoms with E-state index in [1.54, 1.807) is 5.43 Å². The molecule has 1 fully saturated rings. The maximum atomic E-state index is 13.7. The Hall–Kier alpha value is -2.44. The zero-order valence-corrected chi connectivity index (χ0v) is 17.1. The molecule has 31 heavy (non-hydrogen) atoms. The highest BCUT2D eigenvalue weighted by Crippen LogP contribution is 2.27. The highest BCUT2D eigenvalue weighted by molar-refractivity contribution is 7.89. The second kappa shape index (κ2) is 8.97. The molecule has 2 aromatic carbocycles. The van der Waals surface area contributed by atoms with Gasteiger partial charge in [0.1, 0.15) is 5.69 Å². The molecule has 13 heteroatoms. The fourth-order valence-corrected chi connectivity index (χ4v) is 4.72. The van der Waals surface area contributed by atoms with Crippen molar-refractivity contribution in [1.29, 1.82) is 0 Å². The van der Waals surface area contributed by atoms with Gasteiger partial charge in [-0.3, -0.25) is 15.6 Å². The van der Waals surface area contributed by atoms with Crippen molar-refractivity contribution in [2.75, 3.05) is 18.5 Å². The lowest BCUT2D eigenvalue weighted by atomic mass is 9.99. The molecule has 3 rings (SSSR count). The van der Waals surface area contributed by atoms with Crippen LogP contribution in [0.4, 0.5) is 27.6 Å². The summed E-state index contributed by atoms with van der Waals surface area (Å²) < 4.78 is 93.6. The van der Waals surface area contributed by atoms with Crippen molar-refractivity contribution in [3.8, 4) is 0 Å². The minimum Gasteiger partial charge on any atom is -0.293 e. The fourth-order valence-electron chi connectivity index (χ4n) is 3.07. The first-order valence-electron chi connectivity index (χ1n) is 8.87. The lowest BCUT2D eigenvalue weighted by molar-refractivity contribution is -0.125. The van der Waals surface area contributed by atoms with Crippen molar-refractivity contribution >= 4 is 33.2 Å². The highest BCUT2D eigenvalue weighted by atomic mass is 35.5. The molecule has 0 spiro atoms. The number of anilines is 1. The quantitative estimate of drug-likeness (QED) is 0.295. The standard InChI is InChI=1S/C18H15ClF5N3O3S/c19-10-3-5-11(6-4-10)31(29,30)27-7-1-2-9(8-27)18(28)26-25-17-15(23)13(21)12(20)14(22)16(17)24/h3-6,9,25H,1-2,7-8H2,(H,26,28)/t9-/m0/s1. The van der Waals surface area contributed by atoms with Gasteiger partial charge in [-0.2, -0.15) is 4.31 Å². The van der Waals surface area contributed by atoms with Crippen LogP contribution in [0, 0.1) is 35.0 Å². The molecule has 6 nitrogen and oxygen atoms in total. The molecule has 1 aliphatic rings. The third-order valence-electron chi connectivity index (χ3n) is 4.73. The molecule has 168 valence electrons. The monoisotopic (exact) mass is 483 g/mol. The Labute approximate surface area is 179 Å². The molecule has 0 aromatic heterocycles. The van der Waals surface area contributed by atoms with E-state index < -0.39 is 56.6 Å². The Balaban J connectivity index is 1.72. The van der Waals surface area contributed by atoms with E-state index >= 15 is 0 Å². The summed E-state index contributed by atoms with van der Waals surface area (Å²) in [6.45, 7) is -0.102. The Bertz CT molecular complexity index is 1090. The van der Waals surface area contributed by atoms with Crippen molar-refractivity contribution in [2.45, 2.75) is 17.7 Å². The first-order valence-corrected chi connectivity index (χ1v) is 10.7. The van der Waals surface area contributed by atoms with E-state index in [0.29, 0.717) is 11.4 Å². The van der Waals surface area contributed by atoms with Gasteiger partial charge in [0, 0.05) is 18.1 Å². The predicted octanol–water partition coefficient (Wildman–Crippen LogP) is 3.58. The maximum Gasteiger partial charge on any atom is 0.243 e. The number of carbonyl (C=O) groups excluding carboxylic acids is 1. The van der Waals surface area contributed by atoms with Crippen molar-refractivity contribution in [1.82, 2.24) is 9.73 Å². The number of amides is 1. The number of halogens is 6. The average Bonchev–Trinajstić information content (AvgIpc) is 2.76. The molecule has 2 aromatic rings. The molecule has 0 saturated carbocycles. The summed E-state index contributed by atoms with van der Waals surface area (Å²) >= 11 is 5.76. The zero-order valence-electron chi connectivity index (χ0n) is 15.6. The topological polar surface area (TPSA) is 78.5 Å². The van der Waals surface area contributed by atoms with Crippen LogP contribution in [-0.2, 0) is 14.8 Å². The number of hydrazine groups is 1. The van der Waals surface area contributed by atoms with E-state index in [4.69, 9.17) is 11.6 Å². The van der Waals surface area contributed by atoms with Gasteiger partial charge in [0.15, 0.2) is 23.3 Å². The Morgan fingerprint density at radius 2 is 1.52 bits per heavy atom. The van der Waals surface area contributed by atoms with Crippen LogP contribution in [0.5, 0.6) is 0 Å². The lowest BCUT2D eigenvalue weighted by Crippen LogP contribution is -2.46. The Kier molecular flexibility index (Phi) is 6.72. The number of nitrogens with one attached hydrogen (secondary N) is 2. The molecular formula is C18H15ClF5N3O3S. The molecule has 0 unspecified atom stereocenters. The number of carbonyl (C=O) groups is 1. The van der Waals surface area contributed by atoms with Gasteiger partial charge in [-0.1, -0.05) is 11.6 Å². The SMILES string of the molecule is O=C(NNc1c(F)c(F)c(F)c(F)c1F)[C@H]1CCCN(S(=O)(=O)c2ccc(Cl)cc2)C1. The van der Waals surface area contributed by atoms with Crippen LogP contribution < -0.4 is 10.9 Å². The van der Waals surface area contributed by atoms with Crippen molar-refractivity contribution in [3.63, 3.8) is 0 Å². The predicted molar refractivity (Wildman–Crippen MR) is 101 cm³/mol. The molecule has 0 aliphatic carbocycles. The molecule has 1 atom stereocenters. The number of sulfonamides is 1. The van der Waals surface area contributed by atoms with Crippen molar-refractivity contribution < 1.29 is 35.2 Å². The van der Waals surface area contributed by atoms with E-state index in [0.717, 1.165) is 4.31 Å². The molecule has 1 heterocycles. The van der Waals surface area contributed by atoms with Crippen LogP contribution in [-0.4, -0.2) is 31.7 Å². The summed E-state index contributed by atoms with van der Waals surface area (Å²) in [5, 5.41) is 0.342.